The van der Waals surface area contributed by atoms with Gasteiger partial charge in [0.2, 0.25) is 5.91 Å². The Morgan fingerprint density at radius 2 is 2.16 bits per heavy atom. The maximum Gasteiger partial charge on any atom is 0.254 e. The summed E-state index contributed by atoms with van der Waals surface area (Å²) >= 11 is 3.03. The van der Waals surface area contributed by atoms with Gasteiger partial charge in [0.05, 0.1) is 11.0 Å². The summed E-state index contributed by atoms with van der Waals surface area (Å²) in [6.07, 6.45) is 2.02. The summed E-state index contributed by atoms with van der Waals surface area (Å²) in [6, 6.07) is 4.30. The van der Waals surface area contributed by atoms with Gasteiger partial charge in [-0.25, -0.2) is 4.39 Å². The Balaban J connectivity index is 1.97. The van der Waals surface area contributed by atoms with Gasteiger partial charge in [-0.05, 0) is 47.0 Å². The molecule has 102 valence electrons. The second-order valence-electron chi connectivity index (χ2n) is 4.63. The van der Waals surface area contributed by atoms with Crippen LogP contribution >= 0.6 is 15.9 Å². The molecule has 2 rings (SSSR count). The highest BCUT2D eigenvalue weighted by atomic mass is 79.9. The Labute approximate surface area is 119 Å². The van der Waals surface area contributed by atoms with Crippen molar-refractivity contribution in [3.05, 3.63) is 34.1 Å². The Hall–Kier alpha value is -1.43. The zero-order valence-corrected chi connectivity index (χ0v) is 12.0. The van der Waals surface area contributed by atoms with Crippen LogP contribution in [0.5, 0.6) is 0 Å². The number of likely N-dealkylation sites (N-methyl/N-ethyl adjacent to an activating group) is 1. The number of amides is 2. The van der Waals surface area contributed by atoms with E-state index in [1.165, 1.54) is 23.1 Å². The van der Waals surface area contributed by atoms with Crippen LogP contribution in [0, 0.1) is 5.82 Å². The molecule has 0 spiro atoms. The van der Waals surface area contributed by atoms with Crippen LogP contribution in [0.25, 0.3) is 0 Å². The molecule has 0 aromatic heterocycles. The molecule has 0 aliphatic heterocycles. The predicted octanol–water partition coefficient (Wildman–Crippen LogP) is 1.94. The summed E-state index contributed by atoms with van der Waals surface area (Å²) in [7, 11) is 1.55. The van der Waals surface area contributed by atoms with Gasteiger partial charge < -0.3 is 10.2 Å². The Morgan fingerprint density at radius 3 is 2.74 bits per heavy atom. The SMILES string of the molecule is CN(CC(=O)NC1CC1)C(=O)c1ccc(F)c(Br)c1. The van der Waals surface area contributed by atoms with Crippen LogP contribution in [0.15, 0.2) is 22.7 Å². The number of carbonyl (C=O) groups is 2. The largest absolute Gasteiger partial charge is 0.352 e. The Morgan fingerprint density at radius 1 is 1.47 bits per heavy atom. The van der Waals surface area contributed by atoms with Crippen molar-refractivity contribution in [1.29, 1.82) is 0 Å². The first-order valence-corrected chi connectivity index (χ1v) is 6.76. The monoisotopic (exact) mass is 328 g/mol. The number of carbonyl (C=O) groups excluding carboxylic acids is 2. The number of benzene rings is 1. The molecule has 0 atom stereocenters. The van der Waals surface area contributed by atoms with Crippen LogP contribution in [0.3, 0.4) is 0 Å². The minimum absolute atomic E-state index is 0.00429. The third kappa shape index (κ3) is 3.76. The van der Waals surface area contributed by atoms with Gasteiger partial charge in [-0.2, -0.15) is 0 Å². The Bertz CT molecular complexity index is 517. The lowest BCUT2D eigenvalue weighted by Crippen LogP contribution is -2.39. The van der Waals surface area contributed by atoms with E-state index in [0.29, 0.717) is 5.56 Å². The van der Waals surface area contributed by atoms with E-state index in [4.69, 9.17) is 0 Å². The minimum atomic E-state index is -0.425. The van der Waals surface area contributed by atoms with E-state index < -0.39 is 5.82 Å². The fourth-order valence-electron chi connectivity index (χ4n) is 1.64. The molecular weight excluding hydrogens is 315 g/mol. The van der Waals surface area contributed by atoms with Gasteiger partial charge in [-0.1, -0.05) is 0 Å². The van der Waals surface area contributed by atoms with Crippen molar-refractivity contribution in [3.8, 4) is 0 Å². The molecule has 1 saturated carbocycles. The molecule has 1 aromatic carbocycles. The van der Waals surface area contributed by atoms with Crippen molar-refractivity contribution in [1.82, 2.24) is 10.2 Å². The lowest BCUT2D eigenvalue weighted by atomic mass is 10.2. The van der Waals surface area contributed by atoms with Crippen LogP contribution in [0.4, 0.5) is 4.39 Å². The van der Waals surface area contributed by atoms with Gasteiger partial charge in [-0.3, -0.25) is 9.59 Å². The van der Waals surface area contributed by atoms with E-state index >= 15 is 0 Å². The molecule has 19 heavy (non-hydrogen) atoms. The van der Waals surface area contributed by atoms with Gasteiger partial charge in [0.1, 0.15) is 5.82 Å². The van der Waals surface area contributed by atoms with E-state index in [1.54, 1.807) is 7.05 Å². The highest BCUT2D eigenvalue weighted by molar-refractivity contribution is 9.10. The van der Waals surface area contributed by atoms with Gasteiger partial charge in [0.15, 0.2) is 0 Å². The quantitative estimate of drug-likeness (QED) is 0.918. The second-order valence-corrected chi connectivity index (χ2v) is 5.49. The molecule has 1 aromatic rings. The van der Waals surface area contributed by atoms with Gasteiger partial charge in [0, 0.05) is 18.7 Å². The molecule has 0 unspecified atom stereocenters. The molecule has 1 aliphatic carbocycles. The summed E-state index contributed by atoms with van der Waals surface area (Å²) in [5, 5.41) is 2.81. The molecule has 2 amide bonds. The number of nitrogens with zero attached hydrogens (tertiary/aromatic N) is 1. The standard InChI is InChI=1S/C13H14BrFN2O2/c1-17(7-12(18)16-9-3-4-9)13(19)8-2-5-11(15)10(14)6-8/h2,5-6,9H,3-4,7H2,1H3,(H,16,18). The smallest absolute Gasteiger partial charge is 0.254 e. The highest BCUT2D eigenvalue weighted by Gasteiger charge is 2.24. The van der Waals surface area contributed by atoms with E-state index in [2.05, 4.69) is 21.2 Å². The van der Waals surface area contributed by atoms with Crippen molar-refractivity contribution in [2.75, 3.05) is 13.6 Å². The number of nitrogens with one attached hydrogen (secondary N) is 1. The first-order chi connectivity index (χ1) is 8.97. The zero-order chi connectivity index (χ0) is 14.0. The average molecular weight is 329 g/mol. The molecule has 4 nitrogen and oxygen atoms in total. The molecule has 6 heteroatoms. The molecule has 0 bridgehead atoms. The summed E-state index contributed by atoms with van der Waals surface area (Å²) < 4.78 is 13.3. The van der Waals surface area contributed by atoms with Crippen molar-refractivity contribution in [3.63, 3.8) is 0 Å². The summed E-state index contributed by atoms with van der Waals surface area (Å²) in [4.78, 5) is 25.0. The lowest BCUT2D eigenvalue weighted by molar-refractivity contribution is -0.121. The third-order valence-electron chi connectivity index (χ3n) is 2.84. The lowest BCUT2D eigenvalue weighted by Gasteiger charge is -2.17. The van der Waals surface area contributed by atoms with Gasteiger partial charge in [0.25, 0.3) is 5.91 Å². The zero-order valence-electron chi connectivity index (χ0n) is 10.5. The third-order valence-corrected chi connectivity index (χ3v) is 3.44. The van der Waals surface area contributed by atoms with Crippen molar-refractivity contribution >= 4 is 27.7 Å². The summed E-state index contributed by atoms with van der Waals surface area (Å²) in [5.74, 6) is -0.906. The van der Waals surface area contributed by atoms with Crippen LogP contribution < -0.4 is 5.32 Å². The molecule has 0 saturated heterocycles. The number of hydrogen-bond acceptors (Lipinski definition) is 2. The fraction of sp³-hybridized carbons (Fsp3) is 0.385. The number of hydrogen-bond donors (Lipinski definition) is 1. The molecule has 1 N–H and O–H groups in total. The molecule has 1 fully saturated rings. The van der Waals surface area contributed by atoms with E-state index in [-0.39, 0.29) is 28.9 Å². The maximum absolute atomic E-state index is 13.1. The number of rotatable bonds is 4. The van der Waals surface area contributed by atoms with E-state index in [9.17, 15) is 14.0 Å². The van der Waals surface area contributed by atoms with Gasteiger partial charge >= 0.3 is 0 Å². The van der Waals surface area contributed by atoms with Crippen LogP contribution in [0.1, 0.15) is 23.2 Å². The molecule has 0 heterocycles. The van der Waals surface area contributed by atoms with Crippen LogP contribution in [0.2, 0.25) is 0 Å². The Kier molecular flexibility index (Phi) is 4.19. The maximum atomic E-state index is 13.1. The van der Waals surface area contributed by atoms with Crippen LogP contribution in [-0.4, -0.2) is 36.3 Å². The normalized spacial score (nSPS) is 14.1. The second kappa shape index (κ2) is 5.69. The van der Waals surface area contributed by atoms with Crippen LogP contribution in [-0.2, 0) is 4.79 Å². The first-order valence-electron chi connectivity index (χ1n) is 5.97. The summed E-state index contributed by atoms with van der Waals surface area (Å²) in [5.41, 5.74) is 0.343. The molecule has 0 radical (unpaired) electrons. The highest BCUT2D eigenvalue weighted by Crippen LogP contribution is 2.19. The van der Waals surface area contributed by atoms with E-state index in [1.807, 2.05) is 0 Å². The minimum Gasteiger partial charge on any atom is -0.352 e. The molecule has 1 aliphatic rings. The number of halogens is 2. The molecular formula is C13H14BrFN2O2. The van der Waals surface area contributed by atoms with Crippen molar-refractivity contribution in [2.45, 2.75) is 18.9 Å². The first kappa shape index (κ1) is 14.0. The summed E-state index contributed by atoms with van der Waals surface area (Å²) in [6.45, 7) is 0.00429. The average Bonchev–Trinajstić information content (AvgIpc) is 3.15. The van der Waals surface area contributed by atoms with Crippen molar-refractivity contribution in [2.24, 2.45) is 0 Å². The van der Waals surface area contributed by atoms with Crippen molar-refractivity contribution < 1.29 is 14.0 Å². The predicted molar refractivity (Wildman–Crippen MR) is 72.2 cm³/mol. The van der Waals surface area contributed by atoms with Gasteiger partial charge in [-0.15, -0.1) is 0 Å². The van der Waals surface area contributed by atoms with E-state index in [0.717, 1.165) is 12.8 Å². The topological polar surface area (TPSA) is 49.4 Å². The fourth-order valence-corrected chi connectivity index (χ4v) is 2.02.